The van der Waals surface area contributed by atoms with Crippen LogP contribution in [0.2, 0.25) is 5.02 Å². The molecule has 18 heavy (non-hydrogen) atoms. The fraction of sp³-hybridized carbons (Fsp3) is 0.667. The average molecular weight is 271 g/mol. The molecule has 1 aliphatic rings. The first-order valence-corrected chi connectivity index (χ1v) is 6.67. The van der Waals surface area contributed by atoms with E-state index in [2.05, 4.69) is 15.3 Å². The molecule has 0 saturated carbocycles. The third-order valence-corrected chi connectivity index (χ3v) is 3.19. The lowest BCUT2D eigenvalue weighted by Gasteiger charge is -2.22. The van der Waals surface area contributed by atoms with Gasteiger partial charge in [-0.25, -0.2) is 4.98 Å². The number of rotatable bonds is 5. The maximum atomic E-state index is 6.14. The Morgan fingerprint density at radius 2 is 2.44 bits per heavy atom. The molecule has 0 aliphatic carbocycles. The lowest BCUT2D eigenvalue weighted by atomic mass is 10.2. The van der Waals surface area contributed by atoms with E-state index < -0.39 is 0 Å². The van der Waals surface area contributed by atoms with Gasteiger partial charge in [0.1, 0.15) is 5.02 Å². The molecule has 1 aromatic rings. The molecule has 2 heterocycles. The third-order valence-electron chi connectivity index (χ3n) is 2.92. The zero-order chi connectivity index (χ0) is 13.0. The summed E-state index contributed by atoms with van der Waals surface area (Å²) in [5, 5.41) is 3.65. The predicted octanol–water partition coefficient (Wildman–Crippen LogP) is 2.18. The van der Waals surface area contributed by atoms with E-state index in [1.807, 2.05) is 18.9 Å². The summed E-state index contributed by atoms with van der Waals surface area (Å²) in [5.74, 6) is 1.36. The van der Waals surface area contributed by atoms with Gasteiger partial charge in [0.15, 0.2) is 5.82 Å². The van der Waals surface area contributed by atoms with Gasteiger partial charge < -0.3 is 15.0 Å². The topological polar surface area (TPSA) is 50.3 Å². The second-order valence-electron chi connectivity index (χ2n) is 4.41. The Morgan fingerprint density at radius 1 is 1.61 bits per heavy atom. The van der Waals surface area contributed by atoms with Gasteiger partial charge in [-0.2, -0.15) is 4.98 Å². The van der Waals surface area contributed by atoms with Crippen LogP contribution < -0.4 is 10.2 Å². The number of aromatic nitrogens is 2. The SMILES string of the molecule is CCNc1ncc(Cl)c(N(C)CC2CCCO2)n1. The Hall–Kier alpha value is -1.07. The molecule has 1 N–H and O–H groups in total. The molecular formula is C12H19ClN4O. The van der Waals surface area contributed by atoms with E-state index in [-0.39, 0.29) is 6.10 Å². The van der Waals surface area contributed by atoms with Crippen LogP contribution in [0.15, 0.2) is 6.20 Å². The number of likely N-dealkylation sites (N-methyl/N-ethyl adjacent to an activating group) is 1. The van der Waals surface area contributed by atoms with Crippen molar-refractivity contribution in [3.63, 3.8) is 0 Å². The molecule has 1 aromatic heterocycles. The summed E-state index contributed by atoms with van der Waals surface area (Å²) in [4.78, 5) is 10.6. The number of nitrogens with one attached hydrogen (secondary N) is 1. The molecule has 1 fully saturated rings. The summed E-state index contributed by atoms with van der Waals surface area (Å²) >= 11 is 6.14. The van der Waals surface area contributed by atoms with Crippen molar-refractivity contribution in [3.8, 4) is 0 Å². The number of nitrogens with zero attached hydrogens (tertiary/aromatic N) is 3. The van der Waals surface area contributed by atoms with E-state index in [0.717, 1.165) is 38.4 Å². The minimum Gasteiger partial charge on any atom is -0.376 e. The zero-order valence-electron chi connectivity index (χ0n) is 10.8. The first-order chi connectivity index (χ1) is 8.70. The quantitative estimate of drug-likeness (QED) is 0.889. The second kappa shape index (κ2) is 6.20. The highest BCUT2D eigenvalue weighted by Crippen LogP contribution is 2.24. The van der Waals surface area contributed by atoms with Crippen LogP contribution in [0.25, 0.3) is 0 Å². The molecule has 0 aromatic carbocycles. The van der Waals surface area contributed by atoms with E-state index in [1.54, 1.807) is 6.20 Å². The van der Waals surface area contributed by atoms with Gasteiger partial charge in [-0.15, -0.1) is 0 Å². The molecule has 1 atom stereocenters. The molecule has 0 bridgehead atoms. The van der Waals surface area contributed by atoms with Crippen molar-refractivity contribution in [2.45, 2.75) is 25.9 Å². The molecular weight excluding hydrogens is 252 g/mol. The monoisotopic (exact) mass is 270 g/mol. The van der Waals surface area contributed by atoms with Crippen molar-refractivity contribution in [1.82, 2.24) is 9.97 Å². The molecule has 0 radical (unpaired) electrons. The van der Waals surface area contributed by atoms with Crippen LogP contribution in [0.3, 0.4) is 0 Å². The smallest absolute Gasteiger partial charge is 0.224 e. The first kappa shape index (κ1) is 13.4. The Bertz CT molecular complexity index is 396. The summed E-state index contributed by atoms with van der Waals surface area (Å²) in [6.45, 7) is 4.46. The summed E-state index contributed by atoms with van der Waals surface area (Å²) in [6, 6.07) is 0. The van der Waals surface area contributed by atoms with Gasteiger partial charge in [0.2, 0.25) is 5.95 Å². The van der Waals surface area contributed by atoms with Crippen molar-refractivity contribution in [3.05, 3.63) is 11.2 Å². The number of hydrogen-bond donors (Lipinski definition) is 1. The van der Waals surface area contributed by atoms with Crippen molar-refractivity contribution >= 4 is 23.4 Å². The maximum absolute atomic E-state index is 6.14. The van der Waals surface area contributed by atoms with Crippen LogP contribution in [0.1, 0.15) is 19.8 Å². The van der Waals surface area contributed by atoms with E-state index >= 15 is 0 Å². The van der Waals surface area contributed by atoms with Crippen LogP contribution in [-0.2, 0) is 4.74 Å². The molecule has 1 saturated heterocycles. The van der Waals surface area contributed by atoms with Gasteiger partial charge in [-0.1, -0.05) is 11.6 Å². The molecule has 1 aliphatic heterocycles. The summed E-state index contributed by atoms with van der Waals surface area (Å²) in [6.07, 6.45) is 4.16. The summed E-state index contributed by atoms with van der Waals surface area (Å²) < 4.78 is 5.62. The third kappa shape index (κ3) is 3.23. The Labute approximate surface area is 113 Å². The second-order valence-corrected chi connectivity index (χ2v) is 4.82. The van der Waals surface area contributed by atoms with Gasteiger partial charge in [-0.3, -0.25) is 0 Å². The summed E-state index contributed by atoms with van der Waals surface area (Å²) in [5.41, 5.74) is 0. The van der Waals surface area contributed by atoms with Crippen LogP contribution in [0.4, 0.5) is 11.8 Å². The number of anilines is 2. The van der Waals surface area contributed by atoms with Crippen molar-refractivity contribution in [1.29, 1.82) is 0 Å². The minimum atomic E-state index is 0.281. The van der Waals surface area contributed by atoms with Gasteiger partial charge >= 0.3 is 0 Å². The summed E-state index contributed by atoms with van der Waals surface area (Å²) in [7, 11) is 1.98. The van der Waals surface area contributed by atoms with Gasteiger partial charge in [0.25, 0.3) is 0 Å². The van der Waals surface area contributed by atoms with E-state index in [1.165, 1.54) is 0 Å². The van der Waals surface area contributed by atoms with Crippen LogP contribution in [-0.4, -0.2) is 42.8 Å². The lowest BCUT2D eigenvalue weighted by Crippen LogP contribution is -2.29. The molecule has 1 unspecified atom stereocenters. The molecule has 0 amide bonds. The fourth-order valence-electron chi connectivity index (χ4n) is 2.05. The average Bonchev–Trinajstić information content (AvgIpc) is 2.84. The minimum absolute atomic E-state index is 0.281. The van der Waals surface area contributed by atoms with E-state index in [0.29, 0.717) is 11.0 Å². The van der Waals surface area contributed by atoms with Gasteiger partial charge in [0, 0.05) is 26.7 Å². The Balaban J connectivity index is 2.07. The standard InChI is InChI=1S/C12H19ClN4O/c1-3-14-12-15-7-10(13)11(16-12)17(2)8-9-5-4-6-18-9/h7,9H,3-6,8H2,1-2H3,(H,14,15,16). The van der Waals surface area contributed by atoms with Crippen molar-refractivity contribution < 1.29 is 4.74 Å². The molecule has 5 nitrogen and oxygen atoms in total. The number of hydrogen-bond acceptors (Lipinski definition) is 5. The van der Waals surface area contributed by atoms with Crippen LogP contribution in [0.5, 0.6) is 0 Å². The van der Waals surface area contributed by atoms with Crippen molar-refractivity contribution in [2.24, 2.45) is 0 Å². The van der Waals surface area contributed by atoms with Crippen LogP contribution in [0, 0.1) is 0 Å². The Kier molecular flexibility index (Phi) is 4.60. The predicted molar refractivity (Wildman–Crippen MR) is 73.4 cm³/mol. The highest BCUT2D eigenvalue weighted by Gasteiger charge is 2.19. The fourth-order valence-corrected chi connectivity index (χ4v) is 2.28. The zero-order valence-corrected chi connectivity index (χ0v) is 11.6. The molecule has 100 valence electrons. The number of ether oxygens (including phenoxy) is 1. The highest BCUT2D eigenvalue weighted by atomic mass is 35.5. The van der Waals surface area contributed by atoms with Gasteiger partial charge in [-0.05, 0) is 19.8 Å². The Morgan fingerprint density at radius 3 is 3.11 bits per heavy atom. The number of halogens is 1. The highest BCUT2D eigenvalue weighted by molar-refractivity contribution is 6.32. The molecule has 2 rings (SSSR count). The normalized spacial score (nSPS) is 18.9. The first-order valence-electron chi connectivity index (χ1n) is 6.30. The molecule has 0 spiro atoms. The van der Waals surface area contributed by atoms with Crippen molar-refractivity contribution in [2.75, 3.05) is 37.0 Å². The van der Waals surface area contributed by atoms with Gasteiger partial charge in [0.05, 0.1) is 12.3 Å². The van der Waals surface area contributed by atoms with Crippen LogP contribution >= 0.6 is 11.6 Å². The van der Waals surface area contributed by atoms with E-state index in [9.17, 15) is 0 Å². The molecule has 6 heteroatoms. The maximum Gasteiger partial charge on any atom is 0.224 e. The largest absolute Gasteiger partial charge is 0.376 e. The van der Waals surface area contributed by atoms with E-state index in [4.69, 9.17) is 16.3 Å². The lowest BCUT2D eigenvalue weighted by molar-refractivity contribution is 0.116.